The van der Waals surface area contributed by atoms with E-state index in [1.807, 2.05) is 6.07 Å². The molecule has 0 amide bonds. The SMILES string of the molecule is COc1cc(C(=O)OCC(=O)c2c(N)n(Cc3ccccc3)c(=O)n(C)c2=O)cc(OC)c1C. The van der Waals surface area contributed by atoms with Gasteiger partial charge in [-0.1, -0.05) is 30.3 Å². The van der Waals surface area contributed by atoms with Gasteiger partial charge in [-0.25, -0.2) is 9.59 Å². The fraction of sp³-hybridized carbons (Fsp3) is 0.250. The first-order valence-electron chi connectivity index (χ1n) is 10.3. The van der Waals surface area contributed by atoms with Crippen molar-refractivity contribution in [2.45, 2.75) is 13.5 Å². The summed E-state index contributed by atoms with van der Waals surface area (Å²) in [4.78, 5) is 50.7. The van der Waals surface area contributed by atoms with E-state index in [0.29, 0.717) is 17.1 Å². The van der Waals surface area contributed by atoms with Crippen molar-refractivity contribution < 1.29 is 23.8 Å². The monoisotopic (exact) mass is 467 g/mol. The van der Waals surface area contributed by atoms with E-state index in [1.54, 1.807) is 31.2 Å². The predicted molar refractivity (Wildman–Crippen MR) is 125 cm³/mol. The standard InChI is InChI=1S/C24H25N3O7/c1-14-18(32-3)10-16(11-19(14)33-4)23(30)34-13-17(28)20-21(25)27(24(31)26(2)22(20)29)12-15-8-6-5-7-9-15/h5-11H,12-13,25H2,1-4H3. The van der Waals surface area contributed by atoms with Crippen molar-refractivity contribution in [1.82, 2.24) is 9.13 Å². The first-order chi connectivity index (χ1) is 16.2. The molecule has 0 atom stereocenters. The van der Waals surface area contributed by atoms with Gasteiger partial charge in [-0.15, -0.1) is 0 Å². The highest BCUT2D eigenvalue weighted by molar-refractivity contribution is 6.02. The summed E-state index contributed by atoms with van der Waals surface area (Å²) in [5.41, 5.74) is 5.65. The third kappa shape index (κ3) is 4.70. The molecule has 0 spiro atoms. The van der Waals surface area contributed by atoms with Crippen LogP contribution in [0.25, 0.3) is 0 Å². The van der Waals surface area contributed by atoms with Gasteiger partial charge in [0.05, 0.1) is 26.3 Å². The maximum atomic E-state index is 12.9. The molecule has 0 radical (unpaired) electrons. The fourth-order valence-electron chi connectivity index (χ4n) is 3.45. The summed E-state index contributed by atoms with van der Waals surface area (Å²) in [6.45, 7) is 1.07. The molecule has 0 saturated heterocycles. The van der Waals surface area contributed by atoms with Gasteiger partial charge in [0, 0.05) is 12.6 Å². The van der Waals surface area contributed by atoms with E-state index >= 15 is 0 Å². The van der Waals surface area contributed by atoms with Gasteiger partial charge in [0.25, 0.3) is 5.56 Å². The molecule has 1 heterocycles. The molecule has 0 fully saturated rings. The Morgan fingerprint density at radius 2 is 1.59 bits per heavy atom. The number of benzene rings is 2. The lowest BCUT2D eigenvalue weighted by atomic mass is 10.1. The van der Waals surface area contributed by atoms with Gasteiger partial charge in [-0.2, -0.15) is 0 Å². The number of hydrogen-bond donors (Lipinski definition) is 1. The Labute approximate surface area is 195 Å². The molecule has 2 N–H and O–H groups in total. The number of nitrogens with two attached hydrogens (primary N) is 1. The number of methoxy groups -OCH3 is 2. The number of nitrogen functional groups attached to an aromatic ring is 1. The zero-order valence-electron chi connectivity index (χ0n) is 19.3. The number of carbonyl (C=O) groups is 2. The summed E-state index contributed by atoms with van der Waals surface area (Å²) >= 11 is 0. The van der Waals surface area contributed by atoms with Gasteiger partial charge in [0.15, 0.2) is 6.61 Å². The summed E-state index contributed by atoms with van der Waals surface area (Å²) in [5.74, 6) is -1.14. The van der Waals surface area contributed by atoms with E-state index in [-0.39, 0.29) is 17.9 Å². The lowest BCUT2D eigenvalue weighted by Gasteiger charge is -2.15. The van der Waals surface area contributed by atoms with Crippen molar-refractivity contribution in [3.05, 3.63) is 85.6 Å². The zero-order chi connectivity index (χ0) is 25.0. The maximum Gasteiger partial charge on any atom is 0.338 e. The lowest BCUT2D eigenvalue weighted by Crippen LogP contribution is -2.43. The number of ether oxygens (including phenoxy) is 3. The Morgan fingerprint density at radius 3 is 2.15 bits per heavy atom. The van der Waals surface area contributed by atoms with Crippen molar-refractivity contribution in [3.63, 3.8) is 0 Å². The Kier molecular flexibility index (Phi) is 7.20. The molecule has 10 nitrogen and oxygen atoms in total. The number of esters is 1. The van der Waals surface area contributed by atoms with Crippen LogP contribution in [0.5, 0.6) is 11.5 Å². The van der Waals surface area contributed by atoms with Gasteiger partial charge in [-0.3, -0.25) is 18.7 Å². The number of hydrogen-bond acceptors (Lipinski definition) is 8. The minimum atomic E-state index is -0.869. The number of anilines is 1. The predicted octanol–water partition coefficient (Wildman–Crippen LogP) is 1.54. The minimum absolute atomic E-state index is 0.0582. The third-order valence-corrected chi connectivity index (χ3v) is 5.37. The van der Waals surface area contributed by atoms with Crippen molar-refractivity contribution in [2.75, 3.05) is 26.6 Å². The van der Waals surface area contributed by atoms with Crippen LogP contribution in [-0.4, -0.2) is 41.7 Å². The number of aromatic nitrogens is 2. The fourth-order valence-corrected chi connectivity index (χ4v) is 3.45. The van der Waals surface area contributed by atoms with Crippen molar-refractivity contribution in [3.8, 4) is 11.5 Å². The molecule has 2 aromatic carbocycles. The van der Waals surface area contributed by atoms with Crippen LogP contribution in [0.1, 0.15) is 31.8 Å². The average Bonchev–Trinajstić information content (AvgIpc) is 2.84. The molecule has 1 aromatic heterocycles. The molecule has 178 valence electrons. The van der Waals surface area contributed by atoms with Crippen LogP contribution < -0.4 is 26.5 Å². The van der Waals surface area contributed by atoms with Gasteiger partial charge in [0.2, 0.25) is 5.78 Å². The van der Waals surface area contributed by atoms with Crippen LogP contribution in [0.15, 0.2) is 52.1 Å². The van der Waals surface area contributed by atoms with E-state index in [2.05, 4.69) is 0 Å². The largest absolute Gasteiger partial charge is 0.496 e. The number of nitrogens with zero attached hydrogens (tertiary/aromatic N) is 2. The highest BCUT2D eigenvalue weighted by Crippen LogP contribution is 2.29. The van der Waals surface area contributed by atoms with Gasteiger partial charge in [-0.05, 0) is 24.6 Å². The molecule has 10 heteroatoms. The topological polar surface area (TPSA) is 132 Å². The summed E-state index contributed by atoms with van der Waals surface area (Å²) in [6, 6.07) is 11.9. The van der Waals surface area contributed by atoms with E-state index in [9.17, 15) is 19.2 Å². The summed E-state index contributed by atoms with van der Waals surface area (Å²) in [7, 11) is 4.14. The summed E-state index contributed by atoms with van der Waals surface area (Å²) in [6.07, 6.45) is 0. The van der Waals surface area contributed by atoms with Gasteiger partial charge in [0.1, 0.15) is 22.9 Å². The van der Waals surface area contributed by atoms with Crippen LogP contribution >= 0.6 is 0 Å². The van der Waals surface area contributed by atoms with Gasteiger partial charge < -0.3 is 19.9 Å². The Morgan fingerprint density at radius 1 is 1.00 bits per heavy atom. The number of rotatable bonds is 8. The highest BCUT2D eigenvalue weighted by atomic mass is 16.5. The molecule has 0 aliphatic rings. The second-order valence-corrected chi connectivity index (χ2v) is 7.48. The number of carbonyl (C=O) groups excluding carboxylic acids is 2. The van der Waals surface area contributed by atoms with Crippen LogP contribution in [0.4, 0.5) is 5.82 Å². The highest BCUT2D eigenvalue weighted by Gasteiger charge is 2.23. The molecule has 3 aromatic rings. The quantitative estimate of drug-likeness (QED) is 0.390. The average molecular weight is 467 g/mol. The Balaban J connectivity index is 1.89. The van der Waals surface area contributed by atoms with E-state index in [0.717, 1.165) is 14.7 Å². The van der Waals surface area contributed by atoms with Crippen molar-refractivity contribution in [1.29, 1.82) is 0 Å². The third-order valence-electron chi connectivity index (χ3n) is 5.37. The first-order valence-corrected chi connectivity index (χ1v) is 10.3. The molecule has 0 aliphatic heterocycles. The van der Waals surface area contributed by atoms with Crippen molar-refractivity contribution >= 4 is 17.6 Å². The van der Waals surface area contributed by atoms with Crippen LogP contribution in [0.2, 0.25) is 0 Å². The van der Waals surface area contributed by atoms with E-state index in [4.69, 9.17) is 19.9 Å². The summed E-state index contributed by atoms with van der Waals surface area (Å²) < 4.78 is 17.5. The molecule has 3 rings (SSSR count). The smallest absolute Gasteiger partial charge is 0.338 e. The van der Waals surface area contributed by atoms with Crippen LogP contribution in [0, 0.1) is 6.92 Å². The van der Waals surface area contributed by atoms with Crippen molar-refractivity contribution in [2.24, 2.45) is 7.05 Å². The Hall–Kier alpha value is -4.34. The second-order valence-electron chi connectivity index (χ2n) is 7.48. The molecule has 0 bridgehead atoms. The number of Topliss-reactive ketones (excluding diaryl/α,β-unsaturated/α-hetero) is 1. The molecule has 34 heavy (non-hydrogen) atoms. The number of ketones is 1. The van der Waals surface area contributed by atoms with Crippen LogP contribution in [-0.2, 0) is 18.3 Å². The van der Waals surface area contributed by atoms with E-state index in [1.165, 1.54) is 33.4 Å². The van der Waals surface area contributed by atoms with Crippen LogP contribution in [0.3, 0.4) is 0 Å². The minimum Gasteiger partial charge on any atom is -0.496 e. The molecule has 0 aliphatic carbocycles. The maximum absolute atomic E-state index is 12.9. The molecular formula is C24H25N3O7. The molecule has 0 saturated carbocycles. The first kappa shape index (κ1) is 24.3. The normalized spacial score (nSPS) is 10.6. The van der Waals surface area contributed by atoms with E-state index < -0.39 is 35.2 Å². The summed E-state index contributed by atoms with van der Waals surface area (Å²) in [5, 5.41) is 0. The van der Waals surface area contributed by atoms with Gasteiger partial charge >= 0.3 is 11.7 Å². The Bertz CT molecular complexity index is 1330. The lowest BCUT2D eigenvalue weighted by molar-refractivity contribution is 0.0473. The second kappa shape index (κ2) is 10.1. The molecule has 0 unspecified atom stereocenters. The zero-order valence-corrected chi connectivity index (χ0v) is 19.3. The molecular weight excluding hydrogens is 442 g/mol.